The van der Waals surface area contributed by atoms with Crippen LogP contribution in [0.25, 0.3) is 6.08 Å². The van der Waals surface area contributed by atoms with Gasteiger partial charge in [0.15, 0.2) is 0 Å². The van der Waals surface area contributed by atoms with Crippen LogP contribution >= 0.6 is 11.6 Å². The molecule has 22 heavy (non-hydrogen) atoms. The molecular weight excluding hydrogens is 298 g/mol. The molecule has 2 aromatic rings. The lowest BCUT2D eigenvalue weighted by Gasteiger charge is -2.06. The number of anilines is 1. The van der Waals surface area contributed by atoms with Crippen molar-refractivity contribution in [2.45, 2.75) is 13.8 Å². The molecule has 0 saturated carbocycles. The van der Waals surface area contributed by atoms with E-state index in [1.807, 2.05) is 44.2 Å². The number of carbonyl (C=O) groups excluding carboxylic acids is 1. The molecule has 0 atom stereocenters. The van der Waals surface area contributed by atoms with Gasteiger partial charge in [-0.15, -0.1) is 0 Å². The summed E-state index contributed by atoms with van der Waals surface area (Å²) in [6.07, 6.45) is 3.26. The molecule has 114 valence electrons. The molecule has 1 amide bonds. The molecule has 3 nitrogen and oxygen atoms in total. The van der Waals surface area contributed by atoms with Crippen molar-refractivity contribution in [3.8, 4) is 5.75 Å². The fraction of sp³-hybridized carbons (Fsp3) is 0.167. The van der Waals surface area contributed by atoms with Crippen LogP contribution in [0.15, 0.2) is 48.5 Å². The third-order valence-corrected chi connectivity index (χ3v) is 3.30. The third-order valence-electron chi connectivity index (χ3n) is 3.06. The minimum atomic E-state index is -0.181. The Labute approximate surface area is 135 Å². The van der Waals surface area contributed by atoms with Crippen molar-refractivity contribution >= 4 is 29.3 Å². The van der Waals surface area contributed by atoms with Crippen LogP contribution in [0.1, 0.15) is 18.1 Å². The average Bonchev–Trinajstić information content (AvgIpc) is 2.50. The van der Waals surface area contributed by atoms with E-state index in [2.05, 4.69) is 5.32 Å². The second kappa shape index (κ2) is 7.66. The van der Waals surface area contributed by atoms with E-state index in [-0.39, 0.29) is 5.91 Å². The quantitative estimate of drug-likeness (QED) is 0.812. The van der Waals surface area contributed by atoms with Gasteiger partial charge in [-0.25, -0.2) is 0 Å². The van der Waals surface area contributed by atoms with E-state index in [9.17, 15) is 4.79 Å². The lowest BCUT2D eigenvalue weighted by atomic mass is 10.2. The highest BCUT2D eigenvalue weighted by molar-refractivity contribution is 6.30. The molecular formula is C18H18ClNO2. The molecule has 0 heterocycles. The maximum Gasteiger partial charge on any atom is 0.248 e. The number of benzene rings is 2. The second-order valence-corrected chi connectivity index (χ2v) is 5.22. The van der Waals surface area contributed by atoms with Gasteiger partial charge in [-0.2, -0.15) is 0 Å². The molecule has 2 rings (SSSR count). The van der Waals surface area contributed by atoms with Crippen LogP contribution in [-0.4, -0.2) is 12.5 Å². The molecule has 1 N–H and O–H groups in total. The van der Waals surface area contributed by atoms with E-state index in [1.165, 1.54) is 6.08 Å². The minimum absolute atomic E-state index is 0.181. The Kier molecular flexibility index (Phi) is 5.61. The first-order valence-electron chi connectivity index (χ1n) is 7.06. The highest BCUT2D eigenvalue weighted by Gasteiger charge is 2.02. The van der Waals surface area contributed by atoms with E-state index in [0.717, 1.165) is 22.6 Å². The maximum absolute atomic E-state index is 11.9. The highest BCUT2D eigenvalue weighted by Crippen LogP contribution is 2.19. The van der Waals surface area contributed by atoms with Crippen LogP contribution in [0.5, 0.6) is 5.75 Å². The van der Waals surface area contributed by atoms with Gasteiger partial charge in [0.05, 0.1) is 6.61 Å². The molecule has 0 aliphatic heterocycles. The van der Waals surface area contributed by atoms with Crippen molar-refractivity contribution in [2.24, 2.45) is 0 Å². The third kappa shape index (κ3) is 4.64. The molecule has 2 aromatic carbocycles. The van der Waals surface area contributed by atoms with Crippen LogP contribution in [0.3, 0.4) is 0 Å². The fourth-order valence-electron chi connectivity index (χ4n) is 1.96. The molecule has 0 spiro atoms. The maximum atomic E-state index is 11.9. The smallest absolute Gasteiger partial charge is 0.248 e. The predicted molar refractivity (Wildman–Crippen MR) is 91.5 cm³/mol. The van der Waals surface area contributed by atoms with Gasteiger partial charge in [0, 0.05) is 16.8 Å². The number of aryl methyl sites for hydroxylation is 1. The molecule has 0 aromatic heterocycles. The Hall–Kier alpha value is -2.26. The SMILES string of the molecule is CCOc1ccc(C=CC(=O)Nc2ccc(Cl)cc2C)cc1. The van der Waals surface area contributed by atoms with Crippen LogP contribution in [0, 0.1) is 6.92 Å². The number of amides is 1. The Balaban J connectivity index is 1.98. The summed E-state index contributed by atoms with van der Waals surface area (Å²) in [5.74, 6) is 0.639. The Morgan fingerprint density at radius 1 is 1.23 bits per heavy atom. The molecule has 0 saturated heterocycles. The first kappa shape index (κ1) is 16.1. The van der Waals surface area contributed by atoms with Gasteiger partial charge in [0.25, 0.3) is 0 Å². The van der Waals surface area contributed by atoms with Crippen LogP contribution in [0.4, 0.5) is 5.69 Å². The fourth-order valence-corrected chi connectivity index (χ4v) is 2.18. The summed E-state index contributed by atoms with van der Waals surface area (Å²) in [6, 6.07) is 12.9. The minimum Gasteiger partial charge on any atom is -0.494 e. The topological polar surface area (TPSA) is 38.3 Å². The number of nitrogens with one attached hydrogen (secondary N) is 1. The average molecular weight is 316 g/mol. The summed E-state index contributed by atoms with van der Waals surface area (Å²) in [4.78, 5) is 11.9. The largest absolute Gasteiger partial charge is 0.494 e. The van der Waals surface area contributed by atoms with Gasteiger partial charge in [-0.3, -0.25) is 4.79 Å². The zero-order chi connectivity index (χ0) is 15.9. The zero-order valence-electron chi connectivity index (χ0n) is 12.6. The number of hydrogen-bond donors (Lipinski definition) is 1. The van der Waals surface area contributed by atoms with Crippen LogP contribution < -0.4 is 10.1 Å². The van der Waals surface area contributed by atoms with E-state index in [0.29, 0.717) is 11.6 Å². The van der Waals surface area contributed by atoms with Crippen molar-refractivity contribution < 1.29 is 9.53 Å². The Morgan fingerprint density at radius 3 is 2.59 bits per heavy atom. The van der Waals surface area contributed by atoms with Crippen molar-refractivity contribution in [2.75, 3.05) is 11.9 Å². The summed E-state index contributed by atoms with van der Waals surface area (Å²) in [5.41, 5.74) is 2.62. The second-order valence-electron chi connectivity index (χ2n) is 4.78. The van der Waals surface area contributed by atoms with Crippen LogP contribution in [0.2, 0.25) is 5.02 Å². The van der Waals surface area contributed by atoms with Crippen LogP contribution in [-0.2, 0) is 4.79 Å². The molecule has 0 aliphatic carbocycles. The van der Waals surface area contributed by atoms with E-state index < -0.39 is 0 Å². The number of halogens is 1. The highest BCUT2D eigenvalue weighted by atomic mass is 35.5. The van der Waals surface area contributed by atoms with Gasteiger partial charge < -0.3 is 10.1 Å². The van der Waals surface area contributed by atoms with Gasteiger partial charge >= 0.3 is 0 Å². The lowest BCUT2D eigenvalue weighted by molar-refractivity contribution is -0.111. The van der Waals surface area contributed by atoms with Crippen molar-refractivity contribution in [1.82, 2.24) is 0 Å². The van der Waals surface area contributed by atoms with Gasteiger partial charge in [0.1, 0.15) is 5.75 Å². The van der Waals surface area contributed by atoms with E-state index >= 15 is 0 Å². The summed E-state index contributed by atoms with van der Waals surface area (Å²) in [5, 5.41) is 3.48. The molecule has 0 bridgehead atoms. The van der Waals surface area contributed by atoms with Crippen molar-refractivity contribution in [3.05, 3.63) is 64.7 Å². The first-order chi connectivity index (χ1) is 10.6. The predicted octanol–water partition coefficient (Wildman–Crippen LogP) is 4.70. The van der Waals surface area contributed by atoms with Gasteiger partial charge in [0.2, 0.25) is 5.91 Å². The van der Waals surface area contributed by atoms with Crippen molar-refractivity contribution in [1.29, 1.82) is 0 Å². The number of hydrogen-bond acceptors (Lipinski definition) is 2. The molecule has 0 aliphatic rings. The zero-order valence-corrected chi connectivity index (χ0v) is 13.4. The number of rotatable bonds is 5. The van der Waals surface area contributed by atoms with Crippen molar-refractivity contribution in [3.63, 3.8) is 0 Å². The monoisotopic (exact) mass is 315 g/mol. The number of carbonyl (C=O) groups is 1. The Morgan fingerprint density at radius 2 is 1.95 bits per heavy atom. The standard InChI is InChI=1S/C18H18ClNO2/c1-3-22-16-8-4-14(5-9-16)6-11-18(21)20-17-10-7-15(19)12-13(17)2/h4-12H,3H2,1-2H3,(H,20,21). The molecule has 0 unspecified atom stereocenters. The summed E-state index contributed by atoms with van der Waals surface area (Å²) >= 11 is 5.89. The summed E-state index contributed by atoms with van der Waals surface area (Å²) in [7, 11) is 0. The first-order valence-corrected chi connectivity index (χ1v) is 7.44. The molecule has 0 fully saturated rings. The number of ether oxygens (including phenoxy) is 1. The summed E-state index contributed by atoms with van der Waals surface area (Å²) < 4.78 is 5.37. The van der Waals surface area contributed by atoms with E-state index in [4.69, 9.17) is 16.3 Å². The Bertz CT molecular complexity index is 678. The molecule has 4 heteroatoms. The van der Waals surface area contributed by atoms with Gasteiger partial charge in [-0.1, -0.05) is 23.7 Å². The summed E-state index contributed by atoms with van der Waals surface area (Å²) in [6.45, 7) is 4.48. The van der Waals surface area contributed by atoms with E-state index in [1.54, 1.807) is 18.2 Å². The normalized spacial score (nSPS) is 10.7. The van der Waals surface area contributed by atoms with Gasteiger partial charge in [-0.05, 0) is 61.4 Å². The lowest BCUT2D eigenvalue weighted by Crippen LogP contribution is -2.08. The molecule has 0 radical (unpaired) electrons.